The fourth-order valence-electron chi connectivity index (χ4n) is 1.02. The van der Waals surface area contributed by atoms with Gasteiger partial charge in [-0.3, -0.25) is 5.41 Å². The van der Waals surface area contributed by atoms with Crippen LogP contribution in [0.1, 0.15) is 12.8 Å². The highest BCUT2D eigenvalue weighted by molar-refractivity contribution is 5.96. The Hall–Kier alpha value is -1.05. The first-order valence-electron chi connectivity index (χ1n) is 3.44. The highest BCUT2D eigenvalue weighted by Gasteiger charge is 2.31. The molecule has 1 heterocycles. The summed E-state index contributed by atoms with van der Waals surface area (Å²) < 4.78 is 5.14. The molecule has 0 radical (unpaired) electrons. The molecule has 2 rings (SSSR count). The fraction of sp³-hybridized carbons (Fsp3) is 0.375. The first kappa shape index (κ1) is 5.71. The average molecular weight is 135 g/mol. The summed E-state index contributed by atoms with van der Waals surface area (Å²) in [5, 5.41) is 7.23. The third-order valence-corrected chi connectivity index (χ3v) is 1.81. The van der Waals surface area contributed by atoms with Crippen molar-refractivity contribution in [1.29, 1.82) is 5.41 Å². The quantitative estimate of drug-likeness (QED) is 0.584. The van der Waals surface area contributed by atoms with Crippen LogP contribution in [0.25, 0.3) is 0 Å². The van der Waals surface area contributed by atoms with Crippen molar-refractivity contribution >= 4 is 5.90 Å². The Kier molecular flexibility index (Phi) is 0.982. The maximum atomic E-state index is 7.23. The van der Waals surface area contributed by atoms with E-state index in [1.807, 2.05) is 6.08 Å². The fourth-order valence-corrected chi connectivity index (χ4v) is 1.02. The summed E-state index contributed by atoms with van der Waals surface area (Å²) in [5.41, 5.74) is 0.710. The molecule has 52 valence electrons. The topological polar surface area (TPSA) is 33.1 Å². The van der Waals surface area contributed by atoms with Crippen molar-refractivity contribution in [2.24, 2.45) is 5.92 Å². The SMILES string of the molecule is C=C1C=C(C2CC2)OC1=N. The first-order chi connectivity index (χ1) is 4.77. The lowest BCUT2D eigenvalue weighted by molar-refractivity contribution is 0.396. The van der Waals surface area contributed by atoms with Crippen LogP contribution in [0, 0.1) is 11.3 Å². The van der Waals surface area contributed by atoms with Crippen LogP contribution in [-0.2, 0) is 4.74 Å². The third kappa shape index (κ3) is 0.764. The van der Waals surface area contributed by atoms with Crippen molar-refractivity contribution in [3.8, 4) is 0 Å². The zero-order valence-electron chi connectivity index (χ0n) is 5.68. The van der Waals surface area contributed by atoms with Gasteiger partial charge in [0.05, 0.1) is 0 Å². The van der Waals surface area contributed by atoms with Crippen LogP contribution in [0.5, 0.6) is 0 Å². The van der Waals surface area contributed by atoms with E-state index in [1.165, 1.54) is 12.8 Å². The molecule has 0 atom stereocenters. The van der Waals surface area contributed by atoms with Crippen LogP contribution >= 0.6 is 0 Å². The van der Waals surface area contributed by atoms with E-state index in [2.05, 4.69) is 6.58 Å². The summed E-state index contributed by atoms with van der Waals surface area (Å²) in [6.07, 6.45) is 4.30. The van der Waals surface area contributed by atoms with Gasteiger partial charge in [-0.1, -0.05) is 6.58 Å². The lowest BCUT2D eigenvalue weighted by atomic mass is 10.2. The summed E-state index contributed by atoms with van der Waals surface area (Å²) >= 11 is 0. The van der Waals surface area contributed by atoms with Gasteiger partial charge in [-0.25, -0.2) is 0 Å². The highest BCUT2D eigenvalue weighted by Crippen LogP contribution is 2.39. The minimum Gasteiger partial charge on any atom is -0.443 e. The Morgan fingerprint density at radius 3 is 2.70 bits per heavy atom. The van der Waals surface area contributed by atoms with Crippen LogP contribution in [0.2, 0.25) is 0 Å². The Morgan fingerprint density at radius 1 is 1.60 bits per heavy atom. The zero-order chi connectivity index (χ0) is 7.14. The molecule has 2 heteroatoms. The number of ether oxygens (including phenoxy) is 1. The molecule has 1 N–H and O–H groups in total. The number of nitrogens with one attached hydrogen (secondary N) is 1. The molecule has 1 aliphatic heterocycles. The van der Waals surface area contributed by atoms with E-state index in [-0.39, 0.29) is 5.90 Å². The van der Waals surface area contributed by atoms with Gasteiger partial charge < -0.3 is 4.74 Å². The minimum atomic E-state index is 0.224. The lowest BCUT2D eigenvalue weighted by Crippen LogP contribution is -1.95. The van der Waals surface area contributed by atoms with Gasteiger partial charge in [0.2, 0.25) is 5.90 Å². The van der Waals surface area contributed by atoms with Crippen LogP contribution in [0.15, 0.2) is 24.0 Å². The Morgan fingerprint density at radius 2 is 2.30 bits per heavy atom. The van der Waals surface area contributed by atoms with Gasteiger partial charge in [0.15, 0.2) is 0 Å². The number of hydrogen-bond acceptors (Lipinski definition) is 2. The molecule has 1 aliphatic carbocycles. The maximum absolute atomic E-state index is 7.23. The predicted octanol–water partition coefficient (Wildman–Crippen LogP) is 1.84. The summed E-state index contributed by atoms with van der Waals surface area (Å²) in [7, 11) is 0. The molecular weight excluding hydrogens is 126 g/mol. The molecule has 10 heavy (non-hydrogen) atoms. The molecule has 0 saturated heterocycles. The standard InChI is InChI=1S/C8H9NO/c1-5-4-7(6-2-3-6)10-8(5)9/h4,6,9H,1-3H2. The van der Waals surface area contributed by atoms with Crippen LogP contribution in [-0.4, -0.2) is 5.90 Å². The van der Waals surface area contributed by atoms with Crippen molar-refractivity contribution < 1.29 is 4.74 Å². The van der Waals surface area contributed by atoms with Crippen molar-refractivity contribution in [3.63, 3.8) is 0 Å². The predicted molar refractivity (Wildman–Crippen MR) is 38.8 cm³/mol. The molecule has 0 spiro atoms. The Labute approximate surface area is 59.7 Å². The van der Waals surface area contributed by atoms with Gasteiger partial charge in [-0.2, -0.15) is 0 Å². The Balaban J connectivity index is 2.18. The molecule has 0 aromatic rings. The summed E-state index contributed by atoms with van der Waals surface area (Å²) in [4.78, 5) is 0. The Bertz CT molecular complexity index is 236. The molecule has 1 saturated carbocycles. The van der Waals surface area contributed by atoms with E-state index in [4.69, 9.17) is 10.1 Å². The van der Waals surface area contributed by atoms with E-state index in [0.717, 1.165) is 5.76 Å². The van der Waals surface area contributed by atoms with E-state index in [0.29, 0.717) is 11.5 Å². The molecule has 0 unspecified atom stereocenters. The second kappa shape index (κ2) is 1.72. The van der Waals surface area contributed by atoms with Gasteiger partial charge in [0.1, 0.15) is 5.76 Å². The smallest absolute Gasteiger partial charge is 0.218 e. The second-order valence-electron chi connectivity index (χ2n) is 2.78. The van der Waals surface area contributed by atoms with Crippen molar-refractivity contribution in [2.45, 2.75) is 12.8 Å². The van der Waals surface area contributed by atoms with Crippen LogP contribution in [0.4, 0.5) is 0 Å². The summed E-state index contributed by atoms with van der Waals surface area (Å²) in [6, 6.07) is 0. The highest BCUT2D eigenvalue weighted by atomic mass is 16.5. The molecule has 1 fully saturated rings. The van der Waals surface area contributed by atoms with Crippen LogP contribution < -0.4 is 0 Å². The molecule has 0 bridgehead atoms. The minimum absolute atomic E-state index is 0.224. The first-order valence-corrected chi connectivity index (χ1v) is 3.44. The van der Waals surface area contributed by atoms with E-state index in [1.54, 1.807) is 0 Å². The molecule has 2 aliphatic rings. The van der Waals surface area contributed by atoms with Crippen molar-refractivity contribution in [2.75, 3.05) is 0 Å². The monoisotopic (exact) mass is 135 g/mol. The van der Waals surface area contributed by atoms with Crippen molar-refractivity contribution in [3.05, 3.63) is 24.0 Å². The number of hydrogen-bond donors (Lipinski definition) is 1. The van der Waals surface area contributed by atoms with Gasteiger partial charge in [-0.05, 0) is 18.9 Å². The van der Waals surface area contributed by atoms with Gasteiger partial charge >= 0.3 is 0 Å². The lowest BCUT2D eigenvalue weighted by Gasteiger charge is -1.97. The summed E-state index contributed by atoms with van der Waals surface area (Å²) in [5.74, 6) is 1.77. The normalized spacial score (nSPS) is 24.6. The molecule has 2 nitrogen and oxygen atoms in total. The number of rotatable bonds is 1. The van der Waals surface area contributed by atoms with E-state index < -0.39 is 0 Å². The molecule has 0 amide bonds. The average Bonchev–Trinajstić information content (AvgIpc) is 2.64. The zero-order valence-corrected chi connectivity index (χ0v) is 5.68. The largest absolute Gasteiger partial charge is 0.443 e. The van der Waals surface area contributed by atoms with E-state index >= 15 is 0 Å². The van der Waals surface area contributed by atoms with Crippen LogP contribution in [0.3, 0.4) is 0 Å². The molecule has 0 aromatic carbocycles. The maximum Gasteiger partial charge on any atom is 0.218 e. The van der Waals surface area contributed by atoms with Gasteiger partial charge in [0.25, 0.3) is 0 Å². The molecule has 0 aromatic heterocycles. The molecular formula is C8H9NO. The number of allylic oxidation sites excluding steroid dienone is 1. The second-order valence-corrected chi connectivity index (χ2v) is 2.78. The van der Waals surface area contributed by atoms with Gasteiger partial charge in [0, 0.05) is 11.5 Å². The van der Waals surface area contributed by atoms with E-state index in [9.17, 15) is 0 Å². The third-order valence-electron chi connectivity index (χ3n) is 1.81. The van der Waals surface area contributed by atoms with Crippen molar-refractivity contribution in [1.82, 2.24) is 0 Å². The summed E-state index contributed by atoms with van der Waals surface area (Å²) in [6.45, 7) is 3.67. The van der Waals surface area contributed by atoms with Gasteiger partial charge in [-0.15, -0.1) is 0 Å².